The van der Waals surface area contributed by atoms with Gasteiger partial charge in [0.05, 0.1) is 25.5 Å². The Morgan fingerprint density at radius 1 is 1.20 bits per heavy atom. The normalized spacial score (nSPS) is 19.1. The van der Waals surface area contributed by atoms with Gasteiger partial charge in [0.15, 0.2) is 5.76 Å². The van der Waals surface area contributed by atoms with Crippen LogP contribution in [0.25, 0.3) is 22.2 Å². The number of aromatic nitrogens is 2. The van der Waals surface area contributed by atoms with Crippen LogP contribution in [0.1, 0.15) is 29.9 Å². The van der Waals surface area contributed by atoms with Crippen LogP contribution in [-0.4, -0.2) is 64.3 Å². The fourth-order valence-electron chi connectivity index (χ4n) is 5.87. The van der Waals surface area contributed by atoms with E-state index in [2.05, 4.69) is 21.1 Å². The SMILES string of the molecule is COc1ccc2c3c([nH]c2c1)[C@H](CO)N(C(C)=O)CC31CN(Cc2cc(-c3ccccc3)on2)C1. The minimum atomic E-state index is -0.385. The van der Waals surface area contributed by atoms with Gasteiger partial charge in [0.2, 0.25) is 5.91 Å². The van der Waals surface area contributed by atoms with Gasteiger partial charge in [0, 0.05) is 72.8 Å². The van der Waals surface area contributed by atoms with Crippen LogP contribution in [-0.2, 0) is 16.8 Å². The van der Waals surface area contributed by atoms with Crippen molar-refractivity contribution in [3.63, 3.8) is 0 Å². The molecule has 8 nitrogen and oxygen atoms in total. The lowest BCUT2D eigenvalue weighted by molar-refractivity contribution is -0.136. The fourth-order valence-corrected chi connectivity index (χ4v) is 5.87. The Bertz CT molecular complexity index is 1390. The molecule has 4 heterocycles. The molecular weight excluding hydrogens is 444 g/mol. The maximum Gasteiger partial charge on any atom is 0.220 e. The van der Waals surface area contributed by atoms with Crippen molar-refractivity contribution in [2.45, 2.75) is 24.9 Å². The summed E-state index contributed by atoms with van der Waals surface area (Å²) in [4.78, 5) is 20.2. The molecule has 0 saturated carbocycles. The van der Waals surface area contributed by atoms with E-state index in [-0.39, 0.29) is 24.0 Å². The standard InChI is InChI=1S/C27H28N4O4/c1-17(33)31-16-27(25-21-9-8-20(34-2)11-22(21)28-26(25)23(31)13-32)14-30(15-27)12-19-10-24(35-29-19)18-6-4-3-5-7-18/h3-11,23,28,32H,12-16H2,1-2H3/t23-/m0/s1. The Hall–Kier alpha value is -3.62. The number of carbonyl (C=O) groups is 1. The quantitative estimate of drug-likeness (QED) is 0.462. The van der Waals surface area contributed by atoms with E-state index in [1.54, 1.807) is 18.9 Å². The second kappa shape index (κ2) is 8.25. The molecule has 6 rings (SSSR count). The second-order valence-corrected chi connectivity index (χ2v) is 9.64. The van der Waals surface area contributed by atoms with Crippen molar-refractivity contribution in [1.82, 2.24) is 19.9 Å². The van der Waals surface area contributed by atoms with E-state index in [1.165, 1.54) is 5.56 Å². The van der Waals surface area contributed by atoms with Gasteiger partial charge in [-0.15, -0.1) is 0 Å². The minimum Gasteiger partial charge on any atom is -0.497 e. The number of likely N-dealkylation sites (tertiary alicyclic amines) is 1. The molecule has 2 aromatic heterocycles. The highest BCUT2D eigenvalue weighted by molar-refractivity contribution is 5.89. The number of fused-ring (bicyclic) bond motifs is 4. The molecule has 2 aliphatic rings. The highest BCUT2D eigenvalue weighted by Gasteiger charge is 2.53. The van der Waals surface area contributed by atoms with E-state index in [9.17, 15) is 9.90 Å². The first kappa shape index (κ1) is 21.9. The number of rotatable bonds is 5. The van der Waals surface area contributed by atoms with Crippen molar-refractivity contribution < 1.29 is 19.2 Å². The number of carbonyl (C=O) groups excluding carboxylic acids is 1. The molecule has 2 aliphatic heterocycles. The third-order valence-corrected chi connectivity index (χ3v) is 7.38. The Labute approximate surface area is 203 Å². The molecule has 0 bridgehead atoms. The summed E-state index contributed by atoms with van der Waals surface area (Å²) in [6.45, 7) is 4.27. The molecule has 0 aliphatic carbocycles. The van der Waals surface area contributed by atoms with Gasteiger partial charge in [-0.3, -0.25) is 9.69 Å². The number of nitrogens with zero attached hydrogens (tertiary/aromatic N) is 3. The van der Waals surface area contributed by atoms with Crippen LogP contribution < -0.4 is 4.74 Å². The zero-order chi connectivity index (χ0) is 24.2. The smallest absolute Gasteiger partial charge is 0.220 e. The van der Waals surface area contributed by atoms with Gasteiger partial charge in [-0.2, -0.15) is 0 Å². The average molecular weight is 473 g/mol. The molecule has 1 spiro atoms. The summed E-state index contributed by atoms with van der Waals surface area (Å²) in [5.74, 6) is 1.49. The number of aliphatic hydroxyl groups is 1. The predicted octanol–water partition coefficient (Wildman–Crippen LogP) is 3.48. The summed E-state index contributed by atoms with van der Waals surface area (Å²) in [6, 6.07) is 17.6. The van der Waals surface area contributed by atoms with E-state index in [0.29, 0.717) is 13.1 Å². The van der Waals surface area contributed by atoms with Crippen LogP contribution in [0.4, 0.5) is 0 Å². The minimum absolute atomic E-state index is 0.0345. The van der Waals surface area contributed by atoms with Gasteiger partial charge < -0.3 is 24.3 Å². The van der Waals surface area contributed by atoms with E-state index in [4.69, 9.17) is 9.26 Å². The van der Waals surface area contributed by atoms with Gasteiger partial charge in [-0.1, -0.05) is 35.5 Å². The number of nitrogens with one attached hydrogen (secondary N) is 1. The molecule has 2 aromatic carbocycles. The predicted molar refractivity (Wildman–Crippen MR) is 131 cm³/mol. The van der Waals surface area contributed by atoms with Crippen molar-refractivity contribution in [1.29, 1.82) is 0 Å². The van der Waals surface area contributed by atoms with E-state index in [1.807, 2.05) is 48.5 Å². The molecule has 0 radical (unpaired) electrons. The molecule has 1 atom stereocenters. The Kier molecular flexibility index (Phi) is 5.16. The number of H-pyrrole nitrogens is 1. The highest BCUT2D eigenvalue weighted by Crippen LogP contribution is 2.48. The molecular formula is C27H28N4O4. The maximum absolute atomic E-state index is 12.6. The third kappa shape index (κ3) is 3.52. The van der Waals surface area contributed by atoms with Gasteiger partial charge in [0.25, 0.3) is 0 Å². The lowest BCUT2D eigenvalue weighted by Crippen LogP contribution is -2.66. The fraction of sp³-hybridized carbons (Fsp3) is 0.333. The number of methoxy groups -OCH3 is 1. The lowest BCUT2D eigenvalue weighted by atomic mass is 9.68. The second-order valence-electron chi connectivity index (χ2n) is 9.64. The molecule has 2 N–H and O–H groups in total. The van der Waals surface area contributed by atoms with Crippen LogP contribution in [0.3, 0.4) is 0 Å². The summed E-state index contributed by atoms with van der Waals surface area (Å²) in [5.41, 5.74) is 4.75. The van der Waals surface area contributed by atoms with E-state index >= 15 is 0 Å². The van der Waals surface area contributed by atoms with Crippen molar-refractivity contribution in [2.24, 2.45) is 0 Å². The molecule has 35 heavy (non-hydrogen) atoms. The number of ether oxygens (including phenoxy) is 1. The number of aromatic amines is 1. The van der Waals surface area contributed by atoms with Crippen LogP contribution >= 0.6 is 0 Å². The molecule has 180 valence electrons. The van der Waals surface area contributed by atoms with Gasteiger partial charge >= 0.3 is 0 Å². The van der Waals surface area contributed by atoms with Gasteiger partial charge in [-0.25, -0.2) is 0 Å². The van der Waals surface area contributed by atoms with Crippen molar-refractivity contribution in [2.75, 3.05) is 33.4 Å². The van der Waals surface area contributed by atoms with Crippen LogP contribution in [0.5, 0.6) is 5.75 Å². The van der Waals surface area contributed by atoms with Crippen molar-refractivity contribution in [3.8, 4) is 17.1 Å². The number of aliphatic hydroxyl groups excluding tert-OH is 1. The van der Waals surface area contributed by atoms with Crippen LogP contribution in [0.2, 0.25) is 0 Å². The largest absolute Gasteiger partial charge is 0.497 e. The first-order chi connectivity index (χ1) is 17.0. The summed E-state index contributed by atoms with van der Waals surface area (Å²) in [6.07, 6.45) is 0. The van der Waals surface area contributed by atoms with E-state index in [0.717, 1.165) is 52.5 Å². The average Bonchev–Trinajstić information content (AvgIpc) is 3.47. The first-order valence-electron chi connectivity index (χ1n) is 11.8. The Morgan fingerprint density at radius 3 is 2.71 bits per heavy atom. The number of hydrogen-bond donors (Lipinski definition) is 2. The van der Waals surface area contributed by atoms with Gasteiger partial charge in [-0.05, 0) is 17.7 Å². The Morgan fingerprint density at radius 2 is 2.00 bits per heavy atom. The maximum atomic E-state index is 12.6. The van der Waals surface area contributed by atoms with Crippen molar-refractivity contribution in [3.05, 3.63) is 71.5 Å². The third-order valence-electron chi connectivity index (χ3n) is 7.38. The van der Waals surface area contributed by atoms with E-state index < -0.39 is 0 Å². The van der Waals surface area contributed by atoms with Crippen LogP contribution in [0, 0.1) is 0 Å². The number of amides is 1. The van der Waals surface area contributed by atoms with Crippen LogP contribution in [0.15, 0.2) is 59.1 Å². The molecule has 1 amide bonds. The zero-order valence-corrected chi connectivity index (χ0v) is 19.8. The monoisotopic (exact) mass is 472 g/mol. The first-order valence-corrected chi connectivity index (χ1v) is 11.8. The zero-order valence-electron chi connectivity index (χ0n) is 19.8. The molecule has 1 saturated heterocycles. The lowest BCUT2D eigenvalue weighted by Gasteiger charge is -2.56. The molecule has 4 aromatic rings. The highest BCUT2D eigenvalue weighted by atomic mass is 16.5. The topological polar surface area (TPSA) is 94.8 Å². The summed E-state index contributed by atoms with van der Waals surface area (Å²) in [7, 11) is 1.65. The molecule has 8 heteroatoms. The summed E-state index contributed by atoms with van der Waals surface area (Å²) >= 11 is 0. The number of hydrogen-bond acceptors (Lipinski definition) is 6. The van der Waals surface area contributed by atoms with Crippen molar-refractivity contribution >= 4 is 16.8 Å². The summed E-state index contributed by atoms with van der Waals surface area (Å²) in [5, 5.41) is 15.6. The van der Waals surface area contributed by atoms with Gasteiger partial charge in [0.1, 0.15) is 5.75 Å². The Balaban J connectivity index is 1.31. The molecule has 1 fully saturated rings. The molecule has 0 unspecified atom stereocenters. The summed E-state index contributed by atoms with van der Waals surface area (Å²) < 4.78 is 11.0. The number of benzene rings is 2.